The summed E-state index contributed by atoms with van der Waals surface area (Å²) in [6, 6.07) is 0. The largest absolute Gasteiger partial charge is 0.400 e. The molecule has 9 N–H and O–H groups in total. The van der Waals surface area contributed by atoms with Crippen LogP contribution in [-0.2, 0) is 0 Å². The molecule has 0 radical (unpaired) electrons. The maximum Gasteiger partial charge on any atom is 0.226 e. The van der Waals surface area contributed by atoms with Crippen LogP contribution in [0.2, 0.25) is 0 Å². The summed E-state index contributed by atoms with van der Waals surface area (Å²) in [4.78, 5) is 10.5. The van der Waals surface area contributed by atoms with Crippen LogP contribution in [0.5, 0.6) is 0 Å². The fourth-order valence-electron chi connectivity index (χ4n) is 0.427. The van der Waals surface area contributed by atoms with E-state index < -0.39 is 0 Å². The van der Waals surface area contributed by atoms with Crippen LogP contribution in [0, 0.1) is 0 Å². The Kier molecular flexibility index (Phi) is 18.7. The maximum atomic E-state index is 7.00. The number of nitrogens with two attached hydrogens (primary N) is 3. The Bertz CT molecular complexity index is 184. The zero-order valence-corrected chi connectivity index (χ0v) is 8.92. The standard InChI is InChI=1S/C3H6N6.3CH4O/c4-1-7-2(5)9-3(6)8-1;3*1-2/h(H6,4,5,6,7,8,9);3*2H,1H3. The number of anilines is 3. The lowest BCUT2D eigenvalue weighted by atomic mass is 10.9. The first kappa shape index (κ1) is 19.0. The van der Waals surface area contributed by atoms with Crippen molar-refractivity contribution in [3.05, 3.63) is 0 Å². The van der Waals surface area contributed by atoms with Crippen LogP contribution in [0.3, 0.4) is 0 Å². The lowest BCUT2D eigenvalue weighted by Gasteiger charge is -1.93. The van der Waals surface area contributed by atoms with Crippen molar-refractivity contribution in [2.45, 2.75) is 0 Å². The Morgan fingerprint density at radius 1 is 0.600 bits per heavy atom. The highest BCUT2D eigenvalue weighted by Gasteiger charge is 1.93. The van der Waals surface area contributed by atoms with E-state index in [1.54, 1.807) is 0 Å². The van der Waals surface area contributed by atoms with Gasteiger partial charge in [0.05, 0.1) is 0 Å². The molecule has 0 aromatic carbocycles. The number of nitrogens with zero attached hydrogens (tertiary/aromatic N) is 3. The third-order valence-corrected chi connectivity index (χ3v) is 0.687. The number of nitrogen functional groups attached to an aromatic ring is 3. The summed E-state index contributed by atoms with van der Waals surface area (Å²) in [5.41, 5.74) is 15.4. The zero-order valence-electron chi connectivity index (χ0n) is 8.92. The van der Waals surface area contributed by atoms with Crippen LogP contribution in [-0.4, -0.2) is 51.6 Å². The van der Waals surface area contributed by atoms with E-state index in [2.05, 4.69) is 15.0 Å². The molecule has 90 valence electrons. The molecule has 0 saturated heterocycles. The van der Waals surface area contributed by atoms with E-state index in [0.29, 0.717) is 0 Å². The molecule has 1 heterocycles. The van der Waals surface area contributed by atoms with Gasteiger partial charge in [0.25, 0.3) is 0 Å². The van der Waals surface area contributed by atoms with E-state index in [9.17, 15) is 0 Å². The molecular formula is C6H18N6O3. The van der Waals surface area contributed by atoms with Crippen LogP contribution >= 0.6 is 0 Å². The first-order valence-electron chi connectivity index (χ1n) is 3.55. The molecule has 9 nitrogen and oxygen atoms in total. The molecular weight excluding hydrogens is 204 g/mol. The zero-order chi connectivity index (χ0) is 12.9. The molecule has 15 heavy (non-hydrogen) atoms. The summed E-state index contributed by atoms with van der Waals surface area (Å²) >= 11 is 0. The van der Waals surface area contributed by atoms with Crippen LogP contribution in [0.1, 0.15) is 0 Å². The summed E-state index contributed by atoms with van der Waals surface area (Å²) in [7, 11) is 3.00. The molecule has 0 spiro atoms. The number of aromatic nitrogens is 3. The van der Waals surface area contributed by atoms with Gasteiger partial charge in [-0.15, -0.1) is 0 Å². The van der Waals surface area contributed by atoms with Crippen molar-refractivity contribution in [3.8, 4) is 0 Å². The smallest absolute Gasteiger partial charge is 0.226 e. The molecule has 0 saturated carbocycles. The second-order valence-corrected chi connectivity index (χ2v) is 1.41. The second-order valence-electron chi connectivity index (χ2n) is 1.41. The lowest BCUT2D eigenvalue weighted by molar-refractivity contribution is 0.399. The fourth-order valence-corrected chi connectivity index (χ4v) is 0.427. The summed E-state index contributed by atoms with van der Waals surface area (Å²) in [6.45, 7) is 0. The molecule has 0 aliphatic carbocycles. The summed E-state index contributed by atoms with van der Waals surface area (Å²) < 4.78 is 0. The van der Waals surface area contributed by atoms with Gasteiger partial charge >= 0.3 is 0 Å². The molecule has 0 aliphatic rings. The van der Waals surface area contributed by atoms with E-state index in [0.717, 1.165) is 21.3 Å². The van der Waals surface area contributed by atoms with E-state index in [1.165, 1.54) is 0 Å². The van der Waals surface area contributed by atoms with E-state index in [-0.39, 0.29) is 17.8 Å². The number of hydrogen-bond donors (Lipinski definition) is 6. The Balaban J connectivity index is -0.000000208. The predicted molar refractivity (Wildman–Crippen MR) is 57.5 cm³/mol. The highest BCUT2D eigenvalue weighted by molar-refractivity contribution is 5.33. The van der Waals surface area contributed by atoms with Crippen molar-refractivity contribution in [1.29, 1.82) is 0 Å². The third kappa shape index (κ3) is 12.3. The average Bonchev–Trinajstić information content (AvgIpc) is 2.24. The van der Waals surface area contributed by atoms with Crippen LogP contribution < -0.4 is 17.2 Å². The van der Waals surface area contributed by atoms with Gasteiger partial charge in [0, 0.05) is 21.3 Å². The SMILES string of the molecule is CO.CO.CO.Nc1nc(N)nc(N)n1. The molecule has 0 atom stereocenters. The van der Waals surface area contributed by atoms with Gasteiger partial charge in [-0.25, -0.2) is 0 Å². The summed E-state index contributed by atoms with van der Waals surface area (Å²) in [6.07, 6.45) is 0. The lowest BCUT2D eigenvalue weighted by Crippen LogP contribution is -2.05. The minimum Gasteiger partial charge on any atom is -0.400 e. The van der Waals surface area contributed by atoms with Crippen LogP contribution in [0.25, 0.3) is 0 Å². The Hall–Kier alpha value is -1.71. The average molecular weight is 222 g/mol. The number of aliphatic hydroxyl groups excluding tert-OH is 3. The van der Waals surface area contributed by atoms with E-state index in [4.69, 9.17) is 32.5 Å². The Morgan fingerprint density at radius 2 is 0.733 bits per heavy atom. The predicted octanol–water partition coefficient (Wildman–Crippen LogP) is -2.56. The molecule has 1 aromatic rings. The van der Waals surface area contributed by atoms with Crippen LogP contribution in [0.4, 0.5) is 17.8 Å². The molecule has 1 rings (SSSR count). The topological polar surface area (TPSA) is 177 Å². The van der Waals surface area contributed by atoms with Crippen LogP contribution in [0.15, 0.2) is 0 Å². The fraction of sp³-hybridized carbons (Fsp3) is 0.500. The van der Waals surface area contributed by atoms with E-state index >= 15 is 0 Å². The van der Waals surface area contributed by atoms with Gasteiger partial charge in [0.15, 0.2) is 0 Å². The van der Waals surface area contributed by atoms with Gasteiger partial charge in [-0.2, -0.15) is 15.0 Å². The molecule has 1 aromatic heterocycles. The van der Waals surface area contributed by atoms with E-state index in [1.807, 2.05) is 0 Å². The first-order valence-corrected chi connectivity index (χ1v) is 3.55. The maximum absolute atomic E-state index is 7.00. The summed E-state index contributed by atoms with van der Waals surface area (Å²) in [5.74, 6) is 0.125. The normalized spacial score (nSPS) is 6.80. The summed E-state index contributed by atoms with van der Waals surface area (Å²) in [5, 5.41) is 21.0. The monoisotopic (exact) mass is 222 g/mol. The van der Waals surface area contributed by atoms with Crippen molar-refractivity contribution in [1.82, 2.24) is 15.0 Å². The van der Waals surface area contributed by atoms with Gasteiger partial charge in [0.1, 0.15) is 0 Å². The highest BCUT2D eigenvalue weighted by Crippen LogP contribution is 1.97. The van der Waals surface area contributed by atoms with Crippen molar-refractivity contribution in [3.63, 3.8) is 0 Å². The molecule has 0 unspecified atom stereocenters. The van der Waals surface area contributed by atoms with Crippen molar-refractivity contribution in [2.75, 3.05) is 38.5 Å². The van der Waals surface area contributed by atoms with Gasteiger partial charge in [-0.3, -0.25) is 0 Å². The highest BCUT2D eigenvalue weighted by atomic mass is 16.2. The van der Waals surface area contributed by atoms with Gasteiger partial charge in [-0.05, 0) is 0 Å². The van der Waals surface area contributed by atoms with Crippen molar-refractivity contribution in [2.24, 2.45) is 0 Å². The molecule has 0 bridgehead atoms. The molecule has 0 fully saturated rings. The number of aliphatic hydroxyl groups is 3. The van der Waals surface area contributed by atoms with Gasteiger partial charge in [0.2, 0.25) is 17.8 Å². The third-order valence-electron chi connectivity index (χ3n) is 0.687. The first-order chi connectivity index (χ1) is 7.18. The molecule has 0 aliphatic heterocycles. The van der Waals surface area contributed by atoms with Crippen molar-refractivity contribution >= 4 is 17.8 Å². The minimum absolute atomic E-state index is 0.0417. The number of hydrogen-bond acceptors (Lipinski definition) is 9. The molecule has 0 amide bonds. The Morgan fingerprint density at radius 3 is 0.867 bits per heavy atom. The minimum atomic E-state index is 0.0417. The number of rotatable bonds is 0. The molecule has 9 heteroatoms. The quantitative estimate of drug-likeness (QED) is 0.275. The van der Waals surface area contributed by atoms with Gasteiger partial charge in [-0.1, -0.05) is 0 Å². The Labute approximate surface area is 87.6 Å². The van der Waals surface area contributed by atoms with Gasteiger partial charge < -0.3 is 32.5 Å². The second kappa shape index (κ2) is 14.8. The van der Waals surface area contributed by atoms with Crippen molar-refractivity contribution < 1.29 is 15.3 Å².